The Morgan fingerprint density at radius 1 is 1.35 bits per heavy atom. The maximum absolute atomic E-state index is 11.7. The third-order valence-corrected chi connectivity index (χ3v) is 2.27. The van der Waals surface area contributed by atoms with Crippen LogP contribution in [0.25, 0.3) is 0 Å². The van der Waals surface area contributed by atoms with Gasteiger partial charge in [0.05, 0.1) is 27.2 Å². The summed E-state index contributed by atoms with van der Waals surface area (Å²) in [7, 11) is 4.01. The molecule has 17 heavy (non-hydrogen) atoms. The molecule has 5 heteroatoms. The van der Waals surface area contributed by atoms with Crippen molar-refractivity contribution in [2.75, 3.05) is 27.2 Å². The van der Waals surface area contributed by atoms with Gasteiger partial charge in [0.1, 0.15) is 0 Å². The number of hydrogen-bond acceptors (Lipinski definition) is 3. The summed E-state index contributed by atoms with van der Waals surface area (Å²) in [6, 6.07) is 8.87. The van der Waals surface area contributed by atoms with Crippen LogP contribution in [0, 0.1) is 0 Å². The van der Waals surface area contributed by atoms with Crippen LogP contribution in [0.4, 0.5) is 0 Å². The van der Waals surface area contributed by atoms with Gasteiger partial charge in [-0.15, -0.1) is 0 Å². The summed E-state index contributed by atoms with van der Waals surface area (Å²) in [5.74, 6) is -0.361. The first-order valence-corrected chi connectivity index (χ1v) is 5.50. The number of carbonyl (C=O) groups excluding carboxylic acids is 1. The van der Waals surface area contributed by atoms with Crippen LogP contribution in [-0.2, 0) is 4.79 Å². The van der Waals surface area contributed by atoms with Gasteiger partial charge in [-0.25, -0.2) is 0 Å². The number of oxime groups is 1. The van der Waals surface area contributed by atoms with E-state index < -0.39 is 0 Å². The Morgan fingerprint density at radius 2 is 2.00 bits per heavy atom. The number of hydrogen-bond donors (Lipinski definition) is 3. The van der Waals surface area contributed by atoms with E-state index in [4.69, 9.17) is 5.21 Å². The Hall–Kier alpha value is -1.88. The first-order valence-electron chi connectivity index (χ1n) is 5.50. The molecule has 3 N–H and O–H groups in total. The van der Waals surface area contributed by atoms with Crippen molar-refractivity contribution >= 4 is 11.6 Å². The Bertz CT molecular complexity index is 388. The summed E-state index contributed by atoms with van der Waals surface area (Å²) >= 11 is 0. The van der Waals surface area contributed by atoms with Gasteiger partial charge >= 0.3 is 0 Å². The molecule has 92 valence electrons. The molecule has 1 aromatic rings. The maximum atomic E-state index is 11.7. The molecular formula is C12H18N3O2+. The average Bonchev–Trinajstić information content (AvgIpc) is 2.31. The number of nitrogens with zero attached hydrogens (tertiary/aromatic N) is 1. The minimum Gasteiger partial charge on any atom is -0.410 e. The lowest BCUT2D eigenvalue weighted by atomic mass is 10.1. The van der Waals surface area contributed by atoms with E-state index in [1.165, 1.54) is 4.90 Å². The summed E-state index contributed by atoms with van der Waals surface area (Å²) in [5, 5.41) is 14.6. The second kappa shape index (κ2) is 6.65. The third kappa shape index (κ3) is 4.24. The number of quaternary nitrogens is 1. The van der Waals surface area contributed by atoms with Crippen molar-refractivity contribution in [1.29, 1.82) is 0 Å². The molecule has 0 bridgehead atoms. The second-order valence-corrected chi connectivity index (χ2v) is 4.03. The number of likely N-dealkylation sites (N-methyl/N-ethyl adjacent to an activating group) is 1. The molecule has 0 heterocycles. The highest BCUT2D eigenvalue weighted by molar-refractivity contribution is 6.45. The number of benzene rings is 1. The number of rotatable bonds is 5. The molecule has 1 rings (SSSR count). The molecule has 0 unspecified atom stereocenters. The van der Waals surface area contributed by atoms with Crippen molar-refractivity contribution in [3.8, 4) is 0 Å². The van der Waals surface area contributed by atoms with Crippen LogP contribution in [0.3, 0.4) is 0 Å². The smallest absolute Gasteiger partial charge is 0.274 e. The van der Waals surface area contributed by atoms with Gasteiger partial charge in [-0.1, -0.05) is 35.5 Å². The van der Waals surface area contributed by atoms with Crippen LogP contribution >= 0.6 is 0 Å². The van der Waals surface area contributed by atoms with E-state index in [-0.39, 0.29) is 11.6 Å². The fraction of sp³-hybridized carbons (Fsp3) is 0.333. The van der Waals surface area contributed by atoms with Crippen LogP contribution in [0.5, 0.6) is 0 Å². The van der Waals surface area contributed by atoms with E-state index in [1.54, 1.807) is 24.3 Å². The first kappa shape index (κ1) is 13.2. The minimum absolute atomic E-state index is 0.0411. The fourth-order valence-corrected chi connectivity index (χ4v) is 1.34. The highest BCUT2D eigenvalue weighted by atomic mass is 16.4. The predicted molar refractivity (Wildman–Crippen MR) is 65.5 cm³/mol. The van der Waals surface area contributed by atoms with E-state index in [1.807, 2.05) is 20.2 Å². The molecule has 1 aromatic carbocycles. The van der Waals surface area contributed by atoms with E-state index >= 15 is 0 Å². The van der Waals surface area contributed by atoms with Gasteiger partial charge in [0, 0.05) is 5.56 Å². The summed E-state index contributed by atoms with van der Waals surface area (Å²) in [4.78, 5) is 13.0. The summed E-state index contributed by atoms with van der Waals surface area (Å²) in [6.07, 6.45) is 0. The largest absolute Gasteiger partial charge is 0.410 e. The van der Waals surface area contributed by atoms with Crippen LogP contribution < -0.4 is 10.2 Å². The normalized spacial score (nSPS) is 11.6. The zero-order valence-electron chi connectivity index (χ0n) is 10.1. The highest BCUT2D eigenvalue weighted by Gasteiger charge is 2.13. The molecule has 1 amide bonds. The van der Waals surface area contributed by atoms with Crippen molar-refractivity contribution in [2.45, 2.75) is 0 Å². The van der Waals surface area contributed by atoms with E-state index in [0.29, 0.717) is 12.1 Å². The van der Waals surface area contributed by atoms with E-state index in [0.717, 1.165) is 6.54 Å². The van der Waals surface area contributed by atoms with Crippen molar-refractivity contribution in [3.63, 3.8) is 0 Å². The van der Waals surface area contributed by atoms with Gasteiger partial charge < -0.3 is 15.4 Å². The Morgan fingerprint density at radius 3 is 2.53 bits per heavy atom. The minimum atomic E-state index is -0.361. The van der Waals surface area contributed by atoms with Crippen molar-refractivity contribution in [3.05, 3.63) is 35.9 Å². The zero-order valence-corrected chi connectivity index (χ0v) is 10.1. The van der Waals surface area contributed by atoms with Crippen LogP contribution in [-0.4, -0.2) is 44.0 Å². The molecule has 0 atom stereocenters. The van der Waals surface area contributed by atoms with Crippen LogP contribution in [0.2, 0.25) is 0 Å². The average molecular weight is 236 g/mol. The lowest BCUT2D eigenvalue weighted by Gasteiger charge is -2.09. The van der Waals surface area contributed by atoms with Gasteiger partial charge in [-0.2, -0.15) is 0 Å². The molecule has 0 radical (unpaired) electrons. The van der Waals surface area contributed by atoms with Gasteiger partial charge in [0.2, 0.25) is 0 Å². The highest BCUT2D eigenvalue weighted by Crippen LogP contribution is 2.00. The first-order chi connectivity index (χ1) is 8.15. The molecule has 0 aromatic heterocycles. The SMILES string of the molecule is C[NH+](C)CCNC(=O)/C(=N/O)c1ccccc1. The van der Waals surface area contributed by atoms with Crippen molar-refractivity contribution < 1.29 is 14.9 Å². The molecule has 0 aliphatic carbocycles. The molecule has 0 saturated carbocycles. The standard InChI is InChI=1S/C12H17N3O2/c1-15(2)9-8-13-12(16)11(14-17)10-6-4-3-5-7-10/h3-7,17H,8-9H2,1-2H3,(H,13,16)/p+1/b14-11+. The van der Waals surface area contributed by atoms with Crippen LogP contribution in [0.1, 0.15) is 5.56 Å². The second-order valence-electron chi connectivity index (χ2n) is 4.03. The number of carbonyl (C=O) groups is 1. The quantitative estimate of drug-likeness (QED) is 0.353. The Balaban J connectivity index is 2.61. The molecule has 0 aliphatic heterocycles. The Kier molecular flexibility index (Phi) is 5.16. The summed E-state index contributed by atoms with van der Waals surface area (Å²) < 4.78 is 0. The van der Waals surface area contributed by atoms with Gasteiger partial charge in [-0.3, -0.25) is 4.79 Å². The lowest BCUT2D eigenvalue weighted by Crippen LogP contribution is -3.06. The van der Waals surface area contributed by atoms with E-state index in [2.05, 4.69) is 10.5 Å². The van der Waals surface area contributed by atoms with Crippen molar-refractivity contribution in [2.24, 2.45) is 5.16 Å². The third-order valence-electron chi connectivity index (χ3n) is 2.27. The lowest BCUT2D eigenvalue weighted by molar-refractivity contribution is -0.856. The molecule has 5 nitrogen and oxygen atoms in total. The summed E-state index contributed by atoms with van der Waals surface area (Å²) in [5.41, 5.74) is 0.643. The maximum Gasteiger partial charge on any atom is 0.274 e. The summed E-state index contributed by atoms with van der Waals surface area (Å²) in [6.45, 7) is 1.37. The molecule has 0 aliphatic rings. The Labute approximate surface area is 101 Å². The molecule has 0 saturated heterocycles. The molecule has 0 spiro atoms. The predicted octanol–water partition coefficient (Wildman–Crippen LogP) is -0.874. The van der Waals surface area contributed by atoms with E-state index in [9.17, 15) is 4.79 Å². The van der Waals surface area contributed by atoms with Gasteiger partial charge in [-0.05, 0) is 0 Å². The van der Waals surface area contributed by atoms with Crippen LogP contribution in [0.15, 0.2) is 35.5 Å². The molecule has 0 fully saturated rings. The van der Waals surface area contributed by atoms with Gasteiger partial charge in [0.25, 0.3) is 5.91 Å². The van der Waals surface area contributed by atoms with Crippen molar-refractivity contribution in [1.82, 2.24) is 5.32 Å². The molecular weight excluding hydrogens is 218 g/mol. The topological polar surface area (TPSA) is 66.1 Å². The number of nitrogens with one attached hydrogen (secondary N) is 2. The zero-order chi connectivity index (χ0) is 12.7. The monoisotopic (exact) mass is 236 g/mol. The van der Waals surface area contributed by atoms with Gasteiger partial charge in [0.15, 0.2) is 5.71 Å². The fourth-order valence-electron chi connectivity index (χ4n) is 1.34. The number of amides is 1.